The van der Waals surface area contributed by atoms with Gasteiger partial charge in [-0.15, -0.1) is 5.10 Å². The average molecular weight is 356 g/mol. The number of aromatic nitrogens is 3. The lowest BCUT2D eigenvalue weighted by Gasteiger charge is -2.22. The molecule has 0 bridgehead atoms. The molecule has 0 radical (unpaired) electrons. The van der Waals surface area contributed by atoms with Gasteiger partial charge in [0, 0.05) is 50.3 Å². The van der Waals surface area contributed by atoms with Gasteiger partial charge in [-0.25, -0.2) is 0 Å². The van der Waals surface area contributed by atoms with Gasteiger partial charge in [0.05, 0.1) is 12.8 Å². The Morgan fingerprint density at radius 3 is 3.00 bits per heavy atom. The van der Waals surface area contributed by atoms with Gasteiger partial charge in [-0.3, -0.25) is 9.48 Å². The maximum absolute atomic E-state index is 12.3. The molecule has 0 saturated heterocycles. The van der Waals surface area contributed by atoms with Crippen LogP contribution in [-0.2, 0) is 31.2 Å². The largest absolute Gasteiger partial charge is 0.496 e. The maximum atomic E-state index is 12.3. The number of fused-ring (bicyclic) bond motifs is 1. The van der Waals surface area contributed by atoms with Crippen LogP contribution in [0.15, 0.2) is 31.0 Å². The number of hydrogen-bond donors (Lipinski definition) is 0. The number of carbonyl (C=O) groups excluding carboxylic acids is 1. The molecule has 1 unspecified atom stereocenters. The van der Waals surface area contributed by atoms with Crippen molar-refractivity contribution in [2.24, 2.45) is 7.05 Å². The van der Waals surface area contributed by atoms with Gasteiger partial charge >= 0.3 is 0 Å². The third kappa shape index (κ3) is 3.87. The van der Waals surface area contributed by atoms with Crippen LogP contribution in [0.3, 0.4) is 0 Å². The van der Waals surface area contributed by atoms with Crippen molar-refractivity contribution in [2.75, 3.05) is 13.7 Å². The van der Waals surface area contributed by atoms with Crippen LogP contribution >= 0.6 is 0 Å². The van der Waals surface area contributed by atoms with Gasteiger partial charge in [0.1, 0.15) is 17.6 Å². The zero-order valence-corrected chi connectivity index (χ0v) is 15.4. The van der Waals surface area contributed by atoms with Crippen molar-refractivity contribution < 1.29 is 14.3 Å². The summed E-state index contributed by atoms with van der Waals surface area (Å²) in [6.45, 7) is 6.59. The normalized spacial score (nSPS) is 15.3. The molecular formula is C19H24N4O3. The van der Waals surface area contributed by atoms with Crippen LogP contribution in [0, 0.1) is 0 Å². The standard InChI is InChI=1S/C19H24N4O3/c1-5-19(24)23(7-6-16-12-22(3)21-20-16)11-15-10-18-14(8-13(2)26-18)9-17(15)25-4/h5,9-10,12-13H,1,6-8,11H2,2-4H3. The fraction of sp³-hybridized carbons (Fsp3) is 0.421. The first kappa shape index (κ1) is 18.0. The fourth-order valence-electron chi connectivity index (χ4n) is 3.16. The van der Waals surface area contributed by atoms with Crippen LogP contribution < -0.4 is 9.47 Å². The lowest BCUT2D eigenvalue weighted by molar-refractivity contribution is -0.126. The summed E-state index contributed by atoms with van der Waals surface area (Å²) in [5, 5.41) is 8.00. The Kier molecular flexibility index (Phi) is 5.25. The number of rotatable bonds is 7. The number of nitrogens with zero attached hydrogens (tertiary/aromatic N) is 4. The second-order valence-electron chi connectivity index (χ2n) is 6.50. The van der Waals surface area contributed by atoms with E-state index in [2.05, 4.69) is 16.9 Å². The van der Waals surface area contributed by atoms with Crippen molar-refractivity contribution in [1.29, 1.82) is 0 Å². The van der Waals surface area contributed by atoms with Gasteiger partial charge in [-0.05, 0) is 25.1 Å². The summed E-state index contributed by atoms with van der Waals surface area (Å²) in [6, 6.07) is 3.98. The number of carbonyl (C=O) groups is 1. The summed E-state index contributed by atoms with van der Waals surface area (Å²) < 4.78 is 13.0. The van der Waals surface area contributed by atoms with Crippen LogP contribution in [0.2, 0.25) is 0 Å². The van der Waals surface area contributed by atoms with Gasteiger partial charge in [0.15, 0.2) is 0 Å². The quantitative estimate of drug-likeness (QED) is 0.709. The highest BCUT2D eigenvalue weighted by molar-refractivity contribution is 5.87. The fourth-order valence-corrected chi connectivity index (χ4v) is 3.16. The number of ether oxygens (including phenoxy) is 2. The Hall–Kier alpha value is -2.83. The number of hydrogen-bond acceptors (Lipinski definition) is 5. The van der Waals surface area contributed by atoms with Gasteiger partial charge in [0.25, 0.3) is 0 Å². The molecule has 7 heteroatoms. The van der Waals surface area contributed by atoms with Crippen molar-refractivity contribution in [1.82, 2.24) is 19.9 Å². The highest BCUT2D eigenvalue weighted by Crippen LogP contribution is 2.35. The Labute approximate surface area is 153 Å². The molecule has 2 heterocycles. The second-order valence-corrected chi connectivity index (χ2v) is 6.50. The number of methoxy groups -OCH3 is 1. The van der Waals surface area contributed by atoms with E-state index in [4.69, 9.17) is 9.47 Å². The molecule has 7 nitrogen and oxygen atoms in total. The van der Waals surface area contributed by atoms with E-state index in [-0.39, 0.29) is 12.0 Å². The zero-order valence-electron chi connectivity index (χ0n) is 15.4. The average Bonchev–Trinajstić information content (AvgIpc) is 3.20. The molecule has 1 amide bonds. The molecule has 0 fully saturated rings. The molecule has 138 valence electrons. The lowest BCUT2D eigenvalue weighted by Crippen LogP contribution is -2.31. The molecule has 1 aromatic heterocycles. The third-order valence-electron chi connectivity index (χ3n) is 4.43. The summed E-state index contributed by atoms with van der Waals surface area (Å²) in [5.41, 5.74) is 2.89. The summed E-state index contributed by atoms with van der Waals surface area (Å²) >= 11 is 0. The molecule has 1 atom stereocenters. The van der Waals surface area contributed by atoms with Crippen molar-refractivity contribution in [3.63, 3.8) is 0 Å². The van der Waals surface area contributed by atoms with Crippen LogP contribution in [0.5, 0.6) is 11.5 Å². The molecule has 0 spiro atoms. The van der Waals surface area contributed by atoms with E-state index in [9.17, 15) is 4.79 Å². The predicted molar refractivity (Wildman–Crippen MR) is 97.1 cm³/mol. The zero-order chi connectivity index (χ0) is 18.7. The van der Waals surface area contributed by atoms with Gasteiger partial charge in [-0.2, -0.15) is 0 Å². The van der Waals surface area contributed by atoms with E-state index < -0.39 is 0 Å². The Morgan fingerprint density at radius 1 is 1.54 bits per heavy atom. The molecule has 1 aliphatic rings. The van der Waals surface area contributed by atoms with Gasteiger partial charge in [-0.1, -0.05) is 11.8 Å². The first-order valence-corrected chi connectivity index (χ1v) is 8.63. The monoisotopic (exact) mass is 356 g/mol. The van der Waals surface area contributed by atoms with Gasteiger partial charge < -0.3 is 14.4 Å². The van der Waals surface area contributed by atoms with Crippen molar-refractivity contribution in [2.45, 2.75) is 32.4 Å². The Balaban J connectivity index is 1.79. The SMILES string of the molecule is C=CC(=O)N(CCc1cn(C)nn1)Cc1cc2c(cc1OC)CC(C)O2. The minimum atomic E-state index is -0.134. The first-order chi connectivity index (χ1) is 12.5. The van der Waals surface area contributed by atoms with Crippen molar-refractivity contribution >= 4 is 5.91 Å². The van der Waals surface area contributed by atoms with Crippen LogP contribution in [0.1, 0.15) is 23.7 Å². The molecule has 0 saturated carbocycles. The second kappa shape index (κ2) is 7.59. The lowest BCUT2D eigenvalue weighted by atomic mass is 10.1. The predicted octanol–water partition coefficient (Wildman–Crippen LogP) is 1.90. The minimum absolute atomic E-state index is 0.134. The molecule has 2 aromatic rings. The van der Waals surface area contributed by atoms with Crippen LogP contribution in [0.4, 0.5) is 0 Å². The molecule has 0 aliphatic carbocycles. The van der Waals surface area contributed by atoms with Crippen molar-refractivity contribution in [3.05, 3.63) is 47.8 Å². The van der Waals surface area contributed by atoms with E-state index in [1.54, 1.807) is 16.7 Å². The molecule has 1 aliphatic heterocycles. The number of benzene rings is 1. The van der Waals surface area contributed by atoms with E-state index in [1.807, 2.05) is 32.3 Å². The Bertz CT molecular complexity index is 815. The highest BCUT2D eigenvalue weighted by Gasteiger charge is 2.23. The third-order valence-corrected chi connectivity index (χ3v) is 4.43. The van der Waals surface area contributed by atoms with Gasteiger partial charge in [0.2, 0.25) is 5.91 Å². The molecular weight excluding hydrogens is 332 g/mol. The molecule has 0 N–H and O–H groups in total. The first-order valence-electron chi connectivity index (χ1n) is 8.63. The smallest absolute Gasteiger partial charge is 0.246 e. The summed E-state index contributed by atoms with van der Waals surface area (Å²) in [6.07, 6.45) is 4.83. The summed E-state index contributed by atoms with van der Waals surface area (Å²) in [5.74, 6) is 1.50. The summed E-state index contributed by atoms with van der Waals surface area (Å²) in [4.78, 5) is 14.0. The molecule has 1 aromatic carbocycles. The van der Waals surface area contributed by atoms with Crippen LogP contribution in [0.25, 0.3) is 0 Å². The van der Waals surface area contributed by atoms with E-state index >= 15 is 0 Å². The number of aryl methyl sites for hydroxylation is 1. The highest BCUT2D eigenvalue weighted by atomic mass is 16.5. The maximum Gasteiger partial charge on any atom is 0.246 e. The number of amides is 1. The topological polar surface area (TPSA) is 69.5 Å². The molecule has 26 heavy (non-hydrogen) atoms. The van der Waals surface area contributed by atoms with E-state index in [1.165, 1.54) is 6.08 Å². The van der Waals surface area contributed by atoms with E-state index in [0.717, 1.165) is 34.7 Å². The van der Waals surface area contributed by atoms with Crippen LogP contribution in [-0.4, -0.2) is 45.6 Å². The minimum Gasteiger partial charge on any atom is -0.496 e. The van der Waals surface area contributed by atoms with E-state index in [0.29, 0.717) is 19.5 Å². The van der Waals surface area contributed by atoms with Crippen molar-refractivity contribution in [3.8, 4) is 11.5 Å². The molecule has 3 rings (SSSR count). The summed E-state index contributed by atoms with van der Waals surface area (Å²) in [7, 11) is 3.46. The Morgan fingerprint density at radius 2 is 2.35 bits per heavy atom.